The number of aliphatic hydroxyl groups excluding tert-OH is 1. The maximum Gasteiger partial charge on any atom is 0.145 e. The van der Waals surface area contributed by atoms with Gasteiger partial charge in [-0.05, 0) is 6.07 Å². The van der Waals surface area contributed by atoms with E-state index in [9.17, 15) is 5.11 Å². The molecule has 3 aromatic heterocycles. The number of nitriles is 1. The molecule has 132 valence electrons. The molecule has 0 aliphatic carbocycles. The minimum Gasteiger partial charge on any atom is -0.376 e. The van der Waals surface area contributed by atoms with E-state index in [1.807, 2.05) is 16.9 Å². The van der Waals surface area contributed by atoms with Crippen molar-refractivity contribution in [1.29, 1.82) is 5.26 Å². The van der Waals surface area contributed by atoms with Crippen molar-refractivity contribution in [3.05, 3.63) is 31.0 Å². The van der Waals surface area contributed by atoms with Crippen LogP contribution in [0.5, 0.6) is 0 Å². The van der Waals surface area contributed by atoms with E-state index in [0.29, 0.717) is 12.1 Å². The summed E-state index contributed by atoms with van der Waals surface area (Å²) in [5.74, 6) is 0. The summed E-state index contributed by atoms with van der Waals surface area (Å²) in [5.41, 5.74) is 2.06. The van der Waals surface area contributed by atoms with Crippen molar-refractivity contribution in [2.75, 3.05) is 13.1 Å². The predicted molar refractivity (Wildman–Crippen MR) is 96.5 cm³/mol. The number of nitrogens with one attached hydrogen (secondary N) is 1. The molecule has 0 aromatic carbocycles. The molecule has 1 aliphatic rings. The highest BCUT2D eigenvalue weighted by atomic mass is 35.5. The Morgan fingerprint density at radius 2 is 2.12 bits per heavy atom. The zero-order valence-corrected chi connectivity index (χ0v) is 14.8. The van der Waals surface area contributed by atoms with Gasteiger partial charge in [0.2, 0.25) is 0 Å². The fourth-order valence-corrected chi connectivity index (χ4v) is 2.98. The third kappa shape index (κ3) is 2.96. The molecule has 8 nitrogen and oxygen atoms in total. The maximum atomic E-state index is 9.34. The number of aliphatic hydroxyl groups is 1. The van der Waals surface area contributed by atoms with Crippen LogP contribution in [0.15, 0.2) is 31.0 Å². The molecule has 3 aromatic rings. The van der Waals surface area contributed by atoms with Gasteiger partial charge in [0, 0.05) is 36.4 Å². The SMILES string of the molecule is Cl.Cl.N#CCC1(n2cc(-c3ncnc4c3ccn4CO)cn2)CNC1. The molecule has 1 fully saturated rings. The van der Waals surface area contributed by atoms with Crippen LogP contribution in [0, 0.1) is 11.3 Å². The van der Waals surface area contributed by atoms with Crippen molar-refractivity contribution in [2.24, 2.45) is 0 Å². The second kappa shape index (κ2) is 7.37. The summed E-state index contributed by atoms with van der Waals surface area (Å²) in [6.07, 6.45) is 7.37. The van der Waals surface area contributed by atoms with Gasteiger partial charge in [-0.3, -0.25) is 4.68 Å². The number of halogens is 2. The zero-order chi connectivity index (χ0) is 15.9. The van der Waals surface area contributed by atoms with E-state index in [-0.39, 0.29) is 37.1 Å². The Bertz CT molecular complexity index is 910. The average Bonchev–Trinajstić information content (AvgIpc) is 3.17. The number of nitrogens with zero attached hydrogens (tertiary/aromatic N) is 6. The molecule has 4 heterocycles. The molecular weight excluding hydrogens is 365 g/mol. The molecule has 4 rings (SSSR count). The molecule has 0 saturated carbocycles. The van der Waals surface area contributed by atoms with Gasteiger partial charge in [0.15, 0.2) is 0 Å². The molecule has 25 heavy (non-hydrogen) atoms. The fraction of sp³-hybridized carbons (Fsp3) is 0.333. The molecule has 1 aliphatic heterocycles. The lowest BCUT2D eigenvalue weighted by atomic mass is 9.89. The van der Waals surface area contributed by atoms with Crippen LogP contribution in [0.2, 0.25) is 0 Å². The Hall–Kier alpha value is -2.18. The lowest BCUT2D eigenvalue weighted by molar-refractivity contribution is 0.160. The third-order valence-electron chi connectivity index (χ3n) is 4.37. The Morgan fingerprint density at radius 1 is 1.32 bits per heavy atom. The molecule has 10 heteroatoms. The average molecular weight is 382 g/mol. The highest BCUT2D eigenvalue weighted by molar-refractivity contribution is 5.90. The first kappa shape index (κ1) is 19.1. The standard InChI is InChI=1S/C15H15N7O.2ClH/c16-3-2-15(7-17-8-15)22-6-11(5-20-22)13-12-1-4-21(10-23)14(12)19-9-18-13;;/h1,4-6,9,17,23H,2,7-8,10H2;2*1H. The number of fused-ring (bicyclic) bond motifs is 1. The van der Waals surface area contributed by atoms with Gasteiger partial charge in [0.05, 0.1) is 24.4 Å². The summed E-state index contributed by atoms with van der Waals surface area (Å²) < 4.78 is 3.51. The summed E-state index contributed by atoms with van der Waals surface area (Å²) in [6, 6.07) is 4.12. The van der Waals surface area contributed by atoms with E-state index in [1.54, 1.807) is 17.0 Å². The minimum absolute atomic E-state index is 0. The van der Waals surface area contributed by atoms with E-state index in [1.165, 1.54) is 6.33 Å². The molecular formula is C15H17Cl2N7O. The van der Waals surface area contributed by atoms with Crippen molar-refractivity contribution in [1.82, 2.24) is 29.6 Å². The predicted octanol–water partition coefficient (Wildman–Crippen LogP) is 1.30. The molecule has 2 N–H and O–H groups in total. The van der Waals surface area contributed by atoms with Gasteiger partial charge in [-0.15, -0.1) is 24.8 Å². The Balaban J connectivity index is 0.00000113. The first-order chi connectivity index (χ1) is 11.3. The van der Waals surface area contributed by atoms with E-state index in [0.717, 1.165) is 29.7 Å². The van der Waals surface area contributed by atoms with Gasteiger partial charge in [0.25, 0.3) is 0 Å². The van der Waals surface area contributed by atoms with Crippen LogP contribution in [-0.2, 0) is 12.3 Å². The smallest absolute Gasteiger partial charge is 0.145 e. The topological polar surface area (TPSA) is 105 Å². The minimum atomic E-state index is -0.268. The van der Waals surface area contributed by atoms with Gasteiger partial charge >= 0.3 is 0 Å². The van der Waals surface area contributed by atoms with Crippen molar-refractivity contribution >= 4 is 35.8 Å². The lowest BCUT2D eigenvalue weighted by Crippen LogP contribution is -2.60. The zero-order valence-electron chi connectivity index (χ0n) is 13.2. The molecule has 0 bridgehead atoms. The van der Waals surface area contributed by atoms with Crippen molar-refractivity contribution in [2.45, 2.75) is 18.7 Å². The van der Waals surface area contributed by atoms with Crippen LogP contribution in [-0.4, -0.2) is 42.5 Å². The van der Waals surface area contributed by atoms with Crippen molar-refractivity contribution < 1.29 is 5.11 Å². The number of hydrogen-bond donors (Lipinski definition) is 2. The first-order valence-electron chi connectivity index (χ1n) is 7.31. The summed E-state index contributed by atoms with van der Waals surface area (Å²) in [7, 11) is 0. The second-order valence-electron chi connectivity index (χ2n) is 5.72. The number of rotatable bonds is 4. The molecule has 0 spiro atoms. The van der Waals surface area contributed by atoms with Crippen LogP contribution in [0.25, 0.3) is 22.3 Å². The number of aromatic nitrogens is 5. The monoisotopic (exact) mass is 381 g/mol. The quantitative estimate of drug-likeness (QED) is 0.705. The number of hydrogen-bond acceptors (Lipinski definition) is 6. The maximum absolute atomic E-state index is 9.34. The summed E-state index contributed by atoms with van der Waals surface area (Å²) in [5, 5.41) is 26.9. The van der Waals surface area contributed by atoms with E-state index in [4.69, 9.17) is 5.26 Å². The highest BCUT2D eigenvalue weighted by Gasteiger charge is 2.39. The fourth-order valence-electron chi connectivity index (χ4n) is 2.98. The van der Waals surface area contributed by atoms with Gasteiger partial charge in [0.1, 0.15) is 24.2 Å². The third-order valence-corrected chi connectivity index (χ3v) is 4.37. The molecule has 0 amide bonds. The summed E-state index contributed by atoms with van der Waals surface area (Å²) in [4.78, 5) is 8.59. The highest BCUT2D eigenvalue weighted by Crippen LogP contribution is 2.30. The Morgan fingerprint density at radius 3 is 2.76 bits per heavy atom. The van der Waals surface area contributed by atoms with E-state index in [2.05, 4.69) is 26.5 Å². The van der Waals surface area contributed by atoms with Crippen LogP contribution in [0.3, 0.4) is 0 Å². The Labute approximate surface area is 156 Å². The van der Waals surface area contributed by atoms with Crippen molar-refractivity contribution in [3.8, 4) is 17.3 Å². The van der Waals surface area contributed by atoms with Gasteiger partial charge in [-0.25, -0.2) is 9.97 Å². The first-order valence-corrected chi connectivity index (χ1v) is 7.31. The molecule has 1 saturated heterocycles. The summed E-state index contributed by atoms with van der Waals surface area (Å²) in [6.45, 7) is 1.35. The molecule has 0 radical (unpaired) electrons. The molecule has 0 unspecified atom stereocenters. The van der Waals surface area contributed by atoms with Crippen LogP contribution in [0.1, 0.15) is 6.42 Å². The van der Waals surface area contributed by atoms with Crippen LogP contribution in [0.4, 0.5) is 0 Å². The summed E-state index contributed by atoms with van der Waals surface area (Å²) >= 11 is 0. The van der Waals surface area contributed by atoms with E-state index >= 15 is 0 Å². The van der Waals surface area contributed by atoms with E-state index < -0.39 is 0 Å². The van der Waals surface area contributed by atoms with Gasteiger partial charge in [-0.2, -0.15) is 10.4 Å². The van der Waals surface area contributed by atoms with Crippen LogP contribution >= 0.6 is 24.8 Å². The normalized spacial score (nSPS) is 14.9. The molecule has 0 atom stereocenters. The van der Waals surface area contributed by atoms with Crippen LogP contribution < -0.4 is 5.32 Å². The largest absolute Gasteiger partial charge is 0.376 e. The van der Waals surface area contributed by atoms with Gasteiger partial charge in [-0.1, -0.05) is 0 Å². The lowest BCUT2D eigenvalue weighted by Gasteiger charge is -2.41. The van der Waals surface area contributed by atoms with Gasteiger partial charge < -0.3 is 15.0 Å². The Kier molecular flexibility index (Phi) is 5.65. The second-order valence-corrected chi connectivity index (χ2v) is 5.72. The van der Waals surface area contributed by atoms with Crippen molar-refractivity contribution in [3.63, 3.8) is 0 Å².